The van der Waals surface area contributed by atoms with Crippen molar-refractivity contribution in [2.45, 2.75) is 13.0 Å². The molecule has 4 aromatic rings. The smallest absolute Gasteiger partial charge is 0.251 e. The maximum Gasteiger partial charge on any atom is 0.251 e. The molecular weight excluding hydrogens is 372 g/mol. The number of hydrogen-bond acceptors (Lipinski definition) is 2. The van der Waals surface area contributed by atoms with E-state index >= 15 is 0 Å². The minimum absolute atomic E-state index is 0.117. The quantitative estimate of drug-likeness (QED) is 0.486. The number of benzene rings is 4. The van der Waals surface area contributed by atoms with Crippen molar-refractivity contribution in [1.29, 1.82) is 0 Å². The summed E-state index contributed by atoms with van der Waals surface area (Å²) in [5, 5.41) is 7.99. The Morgan fingerprint density at radius 2 is 1.47 bits per heavy atom. The summed E-state index contributed by atoms with van der Waals surface area (Å²) < 4.78 is 0. The zero-order valence-corrected chi connectivity index (χ0v) is 16.5. The lowest BCUT2D eigenvalue weighted by molar-refractivity contribution is -0.115. The topological polar surface area (TPSA) is 58.2 Å². The monoisotopic (exact) mass is 394 g/mol. The Bertz CT molecular complexity index is 1180. The van der Waals surface area contributed by atoms with E-state index in [0.29, 0.717) is 17.8 Å². The predicted molar refractivity (Wildman–Crippen MR) is 120 cm³/mol. The Hall–Kier alpha value is -3.92. The van der Waals surface area contributed by atoms with E-state index in [1.54, 1.807) is 24.3 Å². The number of nitrogens with one attached hydrogen (secondary N) is 2. The molecule has 0 atom stereocenters. The minimum Gasteiger partial charge on any atom is -0.348 e. The first-order valence-corrected chi connectivity index (χ1v) is 9.88. The van der Waals surface area contributed by atoms with Gasteiger partial charge in [-0.2, -0.15) is 0 Å². The number of carbonyl (C=O) groups excluding carboxylic acids is 2. The van der Waals surface area contributed by atoms with E-state index < -0.39 is 0 Å². The summed E-state index contributed by atoms with van der Waals surface area (Å²) in [4.78, 5) is 25.1. The molecule has 2 amide bonds. The van der Waals surface area contributed by atoms with Crippen LogP contribution in [-0.4, -0.2) is 11.8 Å². The zero-order chi connectivity index (χ0) is 20.8. The van der Waals surface area contributed by atoms with E-state index in [0.717, 1.165) is 21.9 Å². The number of amides is 2. The summed E-state index contributed by atoms with van der Waals surface area (Å²) in [7, 11) is 0. The van der Waals surface area contributed by atoms with Gasteiger partial charge in [0.25, 0.3) is 5.91 Å². The van der Waals surface area contributed by atoms with Gasteiger partial charge in [0.2, 0.25) is 5.91 Å². The molecule has 2 N–H and O–H groups in total. The lowest BCUT2D eigenvalue weighted by atomic mass is 10.0. The molecule has 0 saturated carbocycles. The lowest BCUT2D eigenvalue weighted by Crippen LogP contribution is -2.23. The SMILES string of the molecule is O=C(Cc1cccc2ccccc12)Nc1cccc(C(=O)NCc2ccccc2)c1. The maximum atomic E-state index is 12.6. The highest BCUT2D eigenvalue weighted by Crippen LogP contribution is 2.19. The van der Waals surface area contributed by atoms with Crippen LogP contribution in [-0.2, 0) is 17.8 Å². The van der Waals surface area contributed by atoms with Crippen molar-refractivity contribution in [3.8, 4) is 0 Å². The van der Waals surface area contributed by atoms with E-state index in [2.05, 4.69) is 10.6 Å². The number of fused-ring (bicyclic) bond motifs is 1. The second-order valence-electron chi connectivity index (χ2n) is 7.11. The first-order valence-electron chi connectivity index (χ1n) is 9.88. The van der Waals surface area contributed by atoms with Crippen LogP contribution in [0, 0.1) is 0 Å². The van der Waals surface area contributed by atoms with Crippen LogP contribution in [0.25, 0.3) is 10.8 Å². The Morgan fingerprint density at radius 1 is 0.733 bits per heavy atom. The second-order valence-corrected chi connectivity index (χ2v) is 7.11. The van der Waals surface area contributed by atoms with Crippen molar-refractivity contribution in [2.24, 2.45) is 0 Å². The molecule has 4 rings (SSSR count). The van der Waals surface area contributed by atoms with E-state index in [9.17, 15) is 9.59 Å². The Kier molecular flexibility index (Phi) is 5.85. The minimum atomic E-state index is -0.177. The molecule has 4 aromatic carbocycles. The van der Waals surface area contributed by atoms with Crippen molar-refractivity contribution < 1.29 is 9.59 Å². The van der Waals surface area contributed by atoms with Gasteiger partial charge in [-0.3, -0.25) is 9.59 Å². The van der Waals surface area contributed by atoms with Gasteiger partial charge in [0.1, 0.15) is 0 Å². The standard InChI is InChI=1S/C26H22N2O2/c29-25(17-21-12-6-11-20-10-4-5-15-24(20)21)28-23-14-7-13-22(16-23)26(30)27-18-19-8-2-1-3-9-19/h1-16H,17-18H2,(H,27,30)(H,28,29). The number of anilines is 1. The van der Waals surface area contributed by atoms with Crippen LogP contribution in [0.15, 0.2) is 97.1 Å². The third kappa shape index (κ3) is 4.73. The molecule has 0 radical (unpaired) electrons. The molecule has 0 aliphatic rings. The highest BCUT2D eigenvalue weighted by Gasteiger charge is 2.10. The molecule has 0 aliphatic carbocycles. The molecule has 148 valence electrons. The molecule has 0 aromatic heterocycles. The zero-order valence-electron chi connectivity index (χ0n) is 16.5. The van der Waals surface area contributed by atoms with Crippen LogP contribution in [0.1, 0.15) is 21.5 Å². The normalized spacial score (nSPS) is 10.5. The van der Waals surface area contributed by atoms with Crippen molar-refractivity contribution in [2.75, 3.05) is 5.32 Å². The maximum absolute atomic E-state index is 12.6. The lowest BCUT2D eigenvalue weighted by Gasteiger charge is -2.10. The predicted octanol–water partition coefficient (Wildman–Crippen LogP) is 4.95. The molecule has 0 fully saturated rings. The molecule has 4 heteroatoms. The van der Waals surface area contributed by atoms with E-state index in [4.69, 9.17) is 0 Å². The molecule has 0 unspecified atom stereocenters. The molecule has 0 bridgehead atoms. The van der Waals surface area contributed by atoms with Crippen LogP contribution in [0.3, 0.4) is 0 Å². The average molecular weight is 394 g/mol. The van der Waals surface area contributed by atoms with E-state index in [1.807, 2.05) is 72.8 Å². The second kappa shape index (κ2) is 9.05. The third-order valence-corrected chi connectivity index (χ3v) is 4.94. The van der Waals surface area contributed by atoms with Crippen molar-refractivity contribution >= 4 is 28.3 Å². The van der Waals surface area contributed by atoms with Gasteiger partial charge in [-0.25, -0.2) is 0 Å². The summed E-state index contributed by atoms with van der Waals surface area (Å²) in [6, 6.07) is 30.7. The van der Waals surface area contributed by atoms with Gasteiger partial charge in [0.05, 0.1) is 6.42 Å². The van der Waals surface area contributed by atoms with E-state index in [-0.39, 0.29) is 18.2 Å². The van der Waals surface area contributed by atoms with E-state index in [1.165, 1.54) is 0 Å². The fourth-order valence-corrected chi connectivity index (χ4v) is 3.44. The first-order chi connectivity index (χ1) is 14.7. The molecule has 30 heavy (non-hydrogen) atoms. The van der Waals surface area contributed by atoms with Crippen molar-refractivity contribution in [3.05, 3.63) is 114 Å². The van der Waals surface area contributed by atoms with Gasteiger partial charge in [0.15, 0.2) is 0 Å². The largest absolute Gasteiger partial charge is 0.348 e. The van der Waals surface area contributed by atoms with Gasteiger partial charge in [-0.05, 0) is 40.1 Å². The molecule has 0 saturated heterocycles. The molecule has 0 aliphatic heterocycles. The van der Waals surface area contributed by atoms with Gasteiger partial charge in [0, 0.05) is 17.8 Å². The van der Waals surface area contributed by atoms with Gasteiger partial charge in [-0.1, -0.05) is 78.9 Å². The average Bonchev–Trinajstić information content (AvgIpc) is 2.78. The summed E-state index contributed by atoms with van der Waals surface area (Å²) in [5.41, 5.74) is 3.12. The molecule has 4 nitrogen and oxygen atoms in total. The Labute approximate surface area is 175 Å². The van der Waals surface area contributed by atoms with Crippen LogP contribution in [0.2, 0.25) is 0 Å². The van der Waals surface area contributed by atoms with Crippen LogP contribution < -0.4 is 10.6 Å². The Morgan fingerprint density at radius 3 is 2.33 bits per heavy atom. The van der Waals surface area contributed by atoms with Gasteiger partial charge < -0.3 is 10.6 Å². The van der Waals surface area contributed by atoms with Gasteiger partial charge >= 0.3 is 0 Å². The summed E-state index contributed by atoms with van der Waals surface area (Å²) in [5.74, 6) is -0.294. The summed E-state index contributed by atoms with van der Waals surface area (Å²) in [6.45, 7) is 0.456. The van der Waals surface area contributed by atoms with Crippen molar-refractivity contribution in [1.82, 2.24) is 5.32 Å². The van der Waals surface area contributed by atoms with Crippen LogP contribution in [0.4, 0.5) is 5.69 Å². The number of hydrogen-bond donors (Lipinski definition) is 2. The molecule has 0 spiro atoms. The first kappa shape index (κ1) is 19.4. The highest BCUT2D eigenvalue weighted by atomic mass is 16.2. The van der Waals surface area contributed by atoms with Gasteiger partial charge in [-0.15, -0.1) is 0 Å². The summed E-state index contributed by atoms with van der Waals surface area (Å²) in [6.07, 6.45) is 0.270. The van der Waals surface area contributed by atoms with Crippen molar-refractivity contribution in [3.63, 3.8) is 0 Å². The van der Waals surface area contributed by atoms with Crippen LogP contribution >= 0.6 is 0 Å². The fourth-order valence-electron chi connectivity index (χ4n) is 3.44. The molecule has 0 heterocycles. The summed E-state index contributed by atoms with van der Waals surface area (Å²) >= 11 is 0. The highest BCUT2D eigenvalue weighted by molar-refractivity contribution is 5.99. The number of carbonyl (C=O) groups is 2. The fraction of sp³-hybridized carbons (Fsp3) is 0.0769. The number of rotatable bonds is 6. The molecular formula is C26H22N2O2. The Balaban J connectivity index is 1.41. The third-order valence-electron chi connectivity index (χ3n) is 4.94. The van der Waals surface area contributed by atoms with Crippen LogP contribution in [0.5, 0.6) is 0 Å².